The highest BCUT2D eigenvalue weighted by molar-refractivity contribution is 6.31. The van der Waals surface area contributed by atoms with Crippen LogP contribution in [0.3, 0.4) is 0 Å². The molecule has 0 saturated carbocycles. The number of ether oxygens (including phenoxy) is 1. The van der Waals surface area contributed by atoms with Crippen LogP contribution in [0.2, 0.25) is 5.02 Å². The summed E-state index contributed by atoms with van der Waals surface area (Å²) in [5.74, 6) is -0.252. The molecule has 0 aliphatic heterocycles. The van der Waals surface area contributed by atoms with E-state index in [-0.39, 0.29) is 6.42 Å². The molecule has 1 aromatic rings. The fourth-order valence-electron chi connectivity index (χ4n) is 1.99. The van der Waals surface area contributed by atoms with Crippen LogP contribution in [-0.4, -0.2) is 18.2 Å². The second-order valence-electron chi connectivity index (χ2n) is 3.95. The van der Waals surface area contributed by atoms with E-state index in [1.807, 2.05) is 13.8 Å². The summed E-state index contributed by atoms with van der Waals surface area (Å²) in [4.78, 5) is 10.7. The summed E-state index contributed by atoms with van der Waals surface area (Å²) < 4.78 is 5.26. The lowest BCUT2D eigenvalue weighted by Crippen LogP contribution is -2.17. The lowest BCUT2D eigenvalue weighted by molar-refractivity contribution is -0.137. The molecule has 5 heteroatoms. The first-order valence-corrected chi connectivity index (χ1v) is 5.57. The Morgan fingerprint density at radius 2 is 2.18 bits per heavy atom. The molecule has 0 aliphatic rings. The third kappa shape index (κ3) is 2.90. The van der Waals surface area contributed by atoms with Crippen molar-refractivity contribution in [3.05, 3.63) is 27.8 Å². The Labute approximate surface area is 105 Å². The Kier molecular flexibility index (Phi) is 4.37. The van der Waals surface area contributed by atoms with E-state index in [1.54, 1.807) is 13.2 Å². The number of carboxylic acids is 1. The third-order valence-corrected chi connectivity index (χ3v) is 2.99. The number of hydrogen-bond donors (Lipinski definition) is 2. The van der Waals surface area contributed by atoms with Gasteiger partial charge >= 0.3 is 5.97 Å². The molecule has 0 amide bonds. The first kappa shape index (κ1) is 13.8. The molecule has 17 heavy (non-hydrogen) atoms. The molecular formula is C12H16ClNO3. The second kappa shape index (κ2) is 5.38. The van der Waals surface area contributed by atoms with Crippen molar-refractivity contribution in [3.63, 3.8) is 0 Å². The molecule has 0 aromatic heterocycles. The van der Waals surface area contributed by atoms with Crippen LogP contribution < -0.4 is 10.5 Å². The Morgan fingerprint density at radius 1 is 1.59 bits per heavy atom. The van der Waals surface area contributed by atoms with Crippen molar-refractivity contribution in [3.8, 4) is 5.75 Å². The zero-order valence-corrected chi connectivity index (χ0v) is 10.8. The second-order valence-corrected chi connectivity index (χ2v) is 4.36. The van der Waals surface area contributed by atoms with E-state index in [9.17, 15) is 4.79 Å². The van der Waals surface area contributed by atoms with Crippen LogP contribution in [0.1, 0.15) is 29.2 Å². The minimum absolute atomic E-state index is 0.160. The number of aryl methyl sites for hydroxylation is 1. The lowest BCUT2D eigenvalue weighted by Gasteiger charge is -2.19. The minimum Gasteiger partial charge on any atom is -0.496 e. The highest BCUT2D eigenvalue weighted by Crippen LogP contribution is 2.35. The minimum atomic E-state index is -0.951. The zero-order valence-electron chi connectivity index (χ0n) is 10.1. The maximum Gasteiger partial charge on any atom is 0.305 e. The zero-order chi connectivity index (χ0) is 13.2. The predicted molar refractivity (Wildman–Crippen MR) is 66.7 cm³/mol. The van der Waals surface area contributed by atoms with Gasteiger partial charge in [0.15, 0.2) is 0 Å². The number of halogens is 1. The Hall–Kier alpha value is -1.26. The van der Waals surface area contributed by atoms with Crippen LogP contribution in [0.25, 0.3) is 0 Å². The van der Waals surface area contributed by atoms with Gasteiger partial charge in [-0.1, -0.05) is 11.6 Å². The molecule has 1 rings (SSSR count). The molecule has 0 spiro atoms. The first-order valence-electron chi connectivity index (χ1n) is 5.19. The van der Waals surface area contributed by atoms with Gasteiger partial charge in [-0.15, -0.1) is 0 Å². The fourth-order valence-corrected chi connectivity index (χ4v) is 2.44. The van der Waals surface area contributed by atoms with Crippen molar-refractivity contribution >= 4 is 17.6 Å². The molecule has 0 fully saturated rings. The van der Waals surface area contributed by atoms with Gasteiger partial charge in [-0.25, -0.2) is 0 Å². The Morgan fingerprint density at radius 3 is 2.65 bits per heavy atom. The van der Waals surface area contributed by atoms with Crippen LogP contribution >= 0.6 is 11.6 Å². The first-order chi connectivity index (χ1) is 7.88. The van der Waals surface area contributed by atoms with Crippen LogP contribution in [0.5, 0.6) is 5.75 Å². The van der Waals surface area contributed by atoms with Gasteiger partial charge in [-0.05, 0) is 36.6 Å². The van der Waals surface area contributed by atoms with E-state index < -0.39 is 12.0 Å². The summed E-state index contributed by atoms with van der Waals surface area (Å²) in [6.45, 7) is 3.71. The number of aliphatic carboxylic acids is 1. The van der Waals surface area contributed by atoms with Gasteiger partial charge in [-0.3, -0.25) is 4.79 Å². The maximum absolute atomic E-state index is 10.7. The normalized spacial score (nSPS) is 12.3. The molecule has 1 aromatic carbocycles. The standard InChI is InChI=1S/C12H16ClNO3/c1-6-4-8(13)11(7(2)12(6)17-3)9(14)5-10(15)16/h4,9H,5,14H2,1-3H3,(H,15,16). The fraction of sp³-hybridized carbons (Fsp3) is 0.417. The summed E-state index contributed by atoms with van der Waals surface area (Å²) in [6, 6.07) is 1.11. The summed E-state index contributed by atoms with van der Waals surface area (Å²) in [7, 11) is 1.57. The molecule has 1 atom stereocenters. The van der Waals surface area contributed by atoms with Gasteiger partial charge in [-0.2, -0.15) is 0 Å². The van der Waals surface area contributed by atoms with E-state index in [4.69, 9.17) is 27.2 Å². The average molecular weight is 258 g/mol. The molecule has 0 heterocycles. The van der Waals surface area contributed by atoms with Gasteiger partial charge in [0.05, 0.1) is 13.5 Å². The number of benzene rings is 1. The van der Waals surface area contributed by atoms with Gasteiger partial charge in [0.2, 0.25) is 0 Å². The lowest BCUT2D eigenvalue weighted by atomic mass is 9.96. The van der Waals surface area contributed by atoms with Gasteiger partial charge < -0.3 is 15.6 Å². The average Bonchev–Trinajstić information content (AvgIpc) is 2.15. The van der Waals surface area contributed by atoms with Crippen molar-refractivity contribution in [2.24, 2.45) is 5.73 Å². The molecule has 1 unspecified atom stereocenters. The molecule has 4 nitrogen and oxygen atoms in total. The van der Waals surface area contributed by atoms with Crippen LogP contribution in [0, 0.1) is 13.8 Å². The quantitative estimate of drug-likeness (QED) is 0.869. The highest BCUT2D eigenvalue weighted by Gasteiger charge is 2.20. The van der Waals surface area contributed by atoms with E-state index in [2.05, 4.69) is 0 Å². The molecule has 0 saturated heterocycles. The molecule has 0 radical (unpaired) electrons. The van der Waals surface area contributed by atoms with Crippen molar-refractivity contribution < 1.29 is 14.6 Å². The maximum atomic E-state index is 10.7. The number of carbonyl (C=O) groups is 1. The van der Waals surface area contributed by atoms with Gasteiger partial charge in [0.1, 0.15) is 5.75 Å². The SMILES string of the molecule is COc1c(C)cc(Cl)c(C(N)CC(=O)O)c1C. The summed E-state index contributed by atoms with van der Waals surface area (Å²) >= 11 is 6.11. The summed E-state index contributed by atoms with van der Waals surface area (Å²) in [6.07, 6.45) is -0.160. The number of nitrogens with two attached hydrogens (primary N) is 1. The Bertz CT molecular complexity index is 446. The molecular weight excluding hydrogens is 242 g/mol. The predicted octanol–water partition coefficient (Wildman–Crippen LogP) is 2.44. The summed E-state index contributed by atoms with van der Waals surface area (Å²) in [5, 5.41) is 9.23. The largest absolute Gasteiger partial charge is 0.496 e. The van der Waals surface area contributed by atoms with E-state index in [0.29, 0.717) is 16.3 Å². The van der Waals surface area contributed by atoms with Crippen LogP contribution in [-0.2, 0) is 4.79 Å². The van der Waals surface area contributed by atoms with Crippen molar-refractivity contribution in [1.29, 1.82) is 0 Å². The summed E-state index contributed by atoms with van der Waals surface area (Å²) in [5.41, 5.74) is 8.19. The van der Waals surface area contributed by atoms with E-state index in [1.165, 1.54) is 0 Å². The van der Waals surface area contributed by atoms with Crippen molar-refractivity contribution in [1.82, 2.24) is 0 Å². The number of rotatable bonds is 4. The van der Waals surface area contributed by atoms with Crippen LogP contribution in [0.15, 0.2) is 6.07 Å². The van der Waals surface area contributed by atoms with E-state index in [0.717, 1.165) is 11.1 Å². The highest BCUT2D eigenvalue weighted by atomic mass is 35.5. The van der Waals surface area contributed by atoms with Gasteiger partial charge in [0.25, 0.3) is 0 Å². The molecule has 0 aliphatic carbocycles. The number of carboxylic acid groups (broad SMARTS) is 1. The third-order valence-electron chi connectivity index (χ3n) is 2.67. The van der Waals surface area contributed by atoms with Crippen molar-refractivity contribution in [2.75, 3.05) is 7.11 Å². The number of methoxy groups -OCH3 is 1. The van der Waals surface area contributed by atoms with Crippen LogP contribution in [0.4, 0.5) is 0 Å². The molecule has 94 valence electrons. The van der Waals surface area contributed by atoms with Crippen molar-refractivity contribution in [2.45, 2.75) is 26.3 Å². The Balaban J connectivity index is 3.28. The topological polar surface area (TPSA) is 72.5 Å². The number of hydrogen-bond acceptors (Lipinski definition) is 3. The molecule has 0 bridgehead atoms. The smallest absolute Gasteiger partial charge is 0.305 e. The molecule has 3 N–H and O–H groups in total. The van der Waals surface area contributed by atoms with Gasteiger partial charge in [0, 0.05) is 11.1 Å². The monoisotopic (exact) mass is 257 g/mol. The van der Waals surface area contributed by atoms with E-state index >= 15 is 0 Å².